The fourth-order valence-corrected chi connectivity index (χ4v) is 1.28. The van der Waals surface area contributed by atoms with Crippen LogP contribution in [-0.4, -0.2) is 17.7 Å². The molecule has 0 aliphatic heterocycles. The summed E-state index contributed by atoms with van der Waals surface area (Å²) in [5.41, 5.74) is -2.14. The lowest BCUT2D eigenvalue weighted by molar-refractivity contribution is -0.160. The van der Waals surface area contributed by atoms with E-state index >= 15 is 0 Å². The molecule has 0 unspecified atom stereocenters. The molecule has 4 nitrogen and oxygen atoms in total. The first-order valence-corrected chi connectivity index (χ1v) is 4.99. The molecule has 16 heavy (non-hydrogen) atoms. The minimum absolute atomic E-state index is 0.0937. The number of ether oxygens (including phenoxy) is 1. The quantitative estimate of drug-likeness (QED) is 0.643. The number of rotatable bonds is 3. The van der Waals surface area contributed by atoms with Crippen LogP contribution in [0, 0.1) is 11.3 Å². The smallest absolute Gasteiger partial charge is 0.358 e. The molecule has 0 bridgehead atoms. The summed E-state index contributed by atoms with van der Waals surface area (Å²) in [4.78, 5) is 11.5. The SMILES string of the molecule is CCOC(=O)[C@](O)(C#N)c1ccc(Cl)cc1. The molecule has 1 aromatic rings. The van der Waals surface area contributed by atoms with Gasteiger partial charge in [-0.2, -0.15) is 5.26 Å². The van der Waals surface area contributed by atoms with Gasteiger partial charge in [-0.05, 0) is 19.1 Å². The average molecular weight is 240 g/mol. The van der Waals surface area contributed by atoms with Gasteiger partial charge in [0.05, 0.1) is 6.61 Å². The van der Waals surface area contributed by atoms with Crippen molar-refractivity contribution in [3.63, 3.8) is 0 Å². The third kappa shape index (κ3) is 2.32. The maximum absolute atomic E-state index is 11.5. The first kappa shape index (κ1) is 12.5. The number of carbonyl (C=O) groups is 1. The Hall–Kier alpha value is -1.57. The van der Waals surface area contributed by atoms with Crippen molar-refractivity contribution in [1.29, 1.82) is 5.26 Å². The monoisotopic (exact) mass is 239 g/mol. The van der Waals surface area contributed by atoms with E-state index in [9.17, 15) is 9.90 Å². The Balaban J connectivity index is 3.10. The number of esters is 1. The van der Waals surface area contributed by atoms with Crippen LogP contribution in [0.15, 0.2) is 24.3 Å². The van der Waals surface area contributed by atoms with E-state index < -0.39 is 11.6 Å². The predicted molar refractivity (Wildman–Crippen MR) is 57.6 cm³/mol. The molecule has 84 valence electrons. The fraction of sp³-hybridized carbons (Fsp3) is 0.273. The van der Waals surface area contributed by atoms with Crippen LogP contribution < -0.4 is 0 Å². The van der Waals surface area contributed by atoms with Gasteiger partial charge in [0, 0.05) is 10.6 Å². The number of nitrogens with zero attached hydrogens (tertiary/aromatic N) is 1. The van der Waals surface area contributed by atoms with Gasteiger partial charge in [-0.3, -0.25) is 0 Å². The molecule has 1 rings (SSSR count). The molecule has 0 saturated carbocycles. The molecule has 0 aromatic heterocycles. The summed E-state index contributed by atoms with van der Waals surface area (Å²) >= 11 is 5.66. The molecule has 0 aliphatic carbocycles. The lowest BCUT2D eigenvalue weighted by Gasteiger charge is -2.18. The summed E-state index contributed by atoms with van der Waals surface area (Å²) in [5, 5.41) is 19.2. The molecule has 0 aliphatic rings. The van der Waals surface area contributed by atoms with Gasteiger partial charge >= 0.3 is 5.97 Å². The van der Waals surface area contributed by atoms with Crippen molar-refractivity contribution >= 4 is 17.6 Å². The van der Waals surface area contributed by atoms with E-state index in [4.69, 9.17) is 16.9 Å². The van der Waals surface area contributed by atoms with Gasteiger partial charge in [-0.25, -0.2) is 4.79 Å². The highest BCUT2D eigenvalue weighted by atomic mass is 35.5. The summed E-state index contributed by atoms with van der Waals surface area (Å²) in [6.45, 7) is 1.69. The van der Waals surface area contributed by atoms with Gasteiger partial charge < -0.3 is 9.84 Å². The van der Waals surface area contributed by atoms with Crippen LogP contribution in [0.2, 0.25) is 5.02 Å². The van der Waals surface area contributed by atoms with Crippen molar-refractivity contribution in [2.75, 3.05) is 6.61 Å². The van der Waals surface area contributed by atoms with Crippen LogP contribution in [0.4, 0.5) is 0 Å². The van der Waals surface area contributed by atoms with Crippen molar-refractivity contribution in [3.8, 4) is 6.07 Å². The van der Waals surface area contributed by atoms with Gasteiger partial charge in [0.2, 0.25) is 0 Å². The molecule has 5 heteroatoms. The summed E-state index contributed by atoms with van der Waals surface area (Å²) in [7, 11) is 0. The molecule has 0 spiro atoms. The number of hydrogen-bond acceptors (Lipinski definition) is 4. The second kappa shape index (κ2) is 4.97. The lowest BCUT2D eigenvalue weighted by Crippen LogP contribution is -2.35. The van der Waals surface area contributed by atoms with Crippen molar-refractivity contribution in [2.24, 2.45) is 0 Å². The van der Waals surface area contributed by atoms with Crippen molar-refractivity contribution < 1.29 is 14.6 Å². The summed E-state index contributed by atoms with van der Waals surface area (Å²) in [5.74, 6) is -0.986. The van der Waals surface area contributed by atoms with Crippen molar-refractivity contribution in [1.82, 2.24) is 0 Å². The normalized spacial score (nSPS) is 13.6. The second-order valence-electron chi connectivity index (χ2n) is 3.05. The molecule has 1 aromatic carbocycles. The minimum atomic E-state index is -2.28. The van der Waals surface area contributed by atoms with E-state index in [1.807, 2.05) is 0 Å². The molecule has 0 heterocycles. The number of nitriles is 1. The average Bonchev–Trinajstić information content (AvgIpc) is 2.29. The van der Waals surface area contributed by atoms with Crippen LogP contribution in [-0.2, 0) is 15.1 Å². The Morgan fingerprint density at radius 1 is 1.56 bits per heavy atom. The van der Waals surface area contributed by atoms with E-state index in [0.29, 0.717) is 5.02 Å². The molecular weight excluding hydrogens is 230 g/mol. The number of benzene rings is 1. The molecule has 1 atom stereocenters. The predicted octanol–water partition coefficient (Wildman–Crippen LogP) is 1.61. The van der Waals surface area contributed by atoms with Crippen molar-refractivity contribution in [3.05, 3.63) is 34.9 Å². The maximum Gasteiger partial charge on any atom is 0.358 e. The molecule has 0 amide bonds. The van der Waals surface area contributed by atoms with Crippen molar-refractivity contribution in [2.45, 2.75) is 12.5 Å². The molecule has 0 fully saturated rings. The Morgan fingerprint density at radius 3 is 2.56 bits per heavy atom. The molecule has 1 N–H and O–H groups in total. The maximum atomic E-state index is 11.5. The first-order valence-electron chi connectivity index (χ1n) is 4.61. The zero-order chi connectivity index (χ0) is 12.2. The number of hydrogen-bond donors (Lipinski definition) is 1. The Labute approximate surface area is 98.0 Å². The summed E-state index contributed by atoms with van der Waals surface area (Å²) < 4.78 is 4.64. The highest BCUT2D eigenvalue weighted by Gasteiger charge is 2.40. The van der Waals surface area contributed by atoms with Crippen LogP contribution >= 0.6 is 11.6 Å². The lowest BCUT2D eigenvalue weighted by atomic mass is 9.96. The van der Waals surface area contributed by atoms with E-state index in [0.717, 1.165) is 0 Å². The van der Waals surface area contributed by atoms with Crippen LogP contribution in [0.3, 0.4) is 0 Å². The summed E-state index contributed by atoms with van der Waals surface area (Å²) in [6, 6.07) is 7.32. The Morgan fingerprint density at radius 2 is 2.12 bits per heavy atom. The zero-order valence-corrected chi connectivity index (χ0v) is 9.36. The third-order valence-corrected chi connectivity index (χ3v) is 2.25. The second-order valence-corrected chi connectivity index (χ2v) is 3.49. The standard InChI is InChI=1S/C11H10ClNO3/c1-2-16-10(14)11(15,7-13)8-3-5-9(12)6-4-8/h3-6,15H,2H2,1H3/t11-/m0/s1. The highest BCUT2D eigenvalue weighted by molar-refractivity contribution is 6.30. The molecule has 0 radical (unpaired) electrons. The van der Waals surface area contributed by atoms with Crippen LogP contribution in [0.1, 0.15) is 12.5 Å². The van der Waals surface area contributed by atoms with E-state index in [1.54, 1.807) is 6.92 Å². The Kier molecular flexibility index (Phi) is 3.88. The van der Waals surface area contributed by atoms with Gasteiger partial charge in [0.1, 0.15) is 6.07 Å². The number of aliphatic hydroxyl groups is 1. The van der Waals surface area contributed by atoms with E-state index in [2.05, 4.69) is 4.74 Å². The number of carbonyl (C=O) groups excluding carboxylic acids is 1. The highest BCUT2D eigenvalue weighted by Crippen LogP contribution is 2.23. The number of halogens is 1. The van der Waals surface area contributed by atoms with Crippen LogP contribution in [0.25, 0.3) is 0 Å². The summed E-state index contributed by atoms with van der Waals surface area (Å²) in [6.07, 6.45) is 0. The third-order valence-electron chi connectivity index (χ3n) is 1.99. The van der Waals surface area contributed by atoms with Crippen LogP contribution in [0.5, 0.6) is 0 Å². The molecule has 0 saturated heterocycles. The van der Waals surface area contributed by atoms with E-state index in [-0.39, 0.29) is 12.2 Å². The van der Waals surface area contributed by atoms with Gasteiger partial charge in [0.25, 0.3) is 5.60 Å². The minimum Gasteiger partial charge on any atom is -0.463 e. The largest absolute Gasteiger partial charge is 0.463 e. The van der Waals surface area contributed by atoms with Gasteiger partial charge in [0.15, 0.2) is 0 Å². The van der Waals surface area contributed by atoms with Gasteiger partial charge in [-0.1, -0.05) is 23.7 Å². The Bertz CT molecular complexity index is 424. The van der Waals surface area contributed by atoms with E-state index in [1.165, 1.54) is 30.3 Å². The first-order chi connectivity index (χ1) is 7.54. The topological polar surface area (TPSA) is 70.3 Å². The molecular formula is C11H10ClNO3. The fourth-order valence-electron chi connectivity index (χ4n) is 1.15. The zero-order valence-electron chi connectivity index (χ0n) is 8.61. The van der Waals surface area contributed by atoms with Gasteiger partial charge in [-0.15, -0.1) is 0 Å².